The van der Waals surface area contributed by atoms with Gasteiger partial charge in [-0.1, -0.05) is 5.16 Å². The van der Waals surface area contributed by atoms with Crippen LogP contribution in [0.5, 0.6) is 0 Å². The van der Waals surface area contributed by atoms with Gasteiger partial charge < -0.3 is 21.2 Å². The minimum absolute atomic E-state index is 0.0758. The van der Waals surface area contributed by atoms with Crippen molar-refractivity contribution in [3.63, 3.8) is 0 Å². The first-order valence-electron chi connectivity index (χ1n) is 6.50. The van der Waals surface area contributed by atoms with Crippen LogP contribution in [0.25, 0.3) is 0 Å². The molecule has 4 N–H and O–H groups in total. The van der Waals surface area contributed by atoms with Crippen LogP contribution in [0, 0.1) is 6.92 Å². The minimum Gasteiger partial charge on any atom is -0.409 e. The van der Waals surface area contributed by atoms with Crippen LogP contribution < -0.4 is 11.1 Å². The Balaban J connectivity index is 2.21. The number of hydrogen-bond donors (Lipinski definition) is 3. The molecule has 0 aromatic carbocycles. The zero-order valence-corrected chi connectivity index (χ0v) is 12.5. The van der Waals surface area contributed by atoms with E-state index in [2.05, 4.69) is 15.4 Å². The third kappa shape index (κ3) is 2.78. The van der Waals surface area contributed by atoms with E-state index in [1.165, 1.54) is 11.3 Å². The summed E-state index contributed by atoms with van der Waals surface area (Å²) in [5, 5.41) is 18.9. The summed E-state index contributed by atoms with van der Waals surface area (Å²) in [5.74, 6) is -0.0910. The van der Waals surface area contributed by atoms with Gasteiger partial charge in [0.2, 0.25) is 0 Å². The number of hydrogen-bond acceptors (Lipinski definition) is 5. The molecule has 1 amide bonds. The second-order valence-electron chi connectivity index (χ2n) is 5.29. The number of oxime groups is 1. The molecule has 0 aliphatic carbocycles. The number of nitrogens with two attached hydrogens (primary N) is 1. The molecule has 1 saturated heterocycles. The lowest BCUT2D eigenvalue weighted by Gasteiger charge is -2.40. The largest absolute Gasteiger partial charge is 0.409 e. The predicted molar refractivity (Wildman–Crippen MR) is 79.4 cm³/mol. The quantitative estimate of drug-likeness (QED) is 0.336. The van der Waals surface area contributed by atoms with E-state index < -0.39 is 5.54 Å². The second kappa shape index (κ2) is 5.80. The topological polar surface area (TPSA) is 91.0 Å². The molecule has 2 rings (SSSR count). The fourth-order valence-electron chi connectivity index (χ4n) is 2.42. The van der Waals surface area contributed by atoms with E-state index in [-0.39, 0.29) is 11.7 Å². The monoisotopic (exact) mass is 296 g/mol. The number of rotatable bonds is 3. The Hall–Kier alpha value is -1.60. The SMILES string of the molecule is Cc1cscc1C(=O)NC1(C(N)=NO)CCN(C)CC1. The molecule has 20 heavy (non-hydrogen) atoms. The minimum atomic E-state index is -0.757. The van der Waals surface area contributed by atoms with Crippen LogP contribution in [-0.4, -0.2) is 47.5 Å². The second-order valence-corrected chi connectivity index (χ2v) is 6.04. The average Bonchev–Trinajstić information content (AvgIpc) is 2.87. The van der Waals surface area contributed by atoms with Gasteiger partial charge in [0.05, 0.1) is 5.56 Å². The summed E-state index contributed by atoms with van der Waals surface area (Å²) in [4.78, 5) is 14.5. The summed E-state index contributed by atoms with van der Waals surface area (Å²) in [6.45, 7) is 3.48. The Morgan fingerprint density at radius 2 is 2.15 bits per heavy atom. The Kier molecular flexibility index (Phi) is 4.29. The lowest BCUT2D eigenvalue weighted by molar-refractivity contribution is 0.0886. The van der Waals surface area contributed by atoms with Gasteiger partial charge in [-0.3, -0.25) is 4.79 Å². The number of aryl methyl sites for hydroxylation is 1. The van der Waals surface area contributed by atoms with E-state index in [9.17, 15) is 4.79 Å². The van der Waals surface area contributed by atoms with Crippen LogP contribution in [0.3, 0.4) is 0 Å². The van der Waals surface area contributed by atoms with Crippen LogP contribution >= 0.6 is 11.3 Å². The smallest absolute Gasteiger partial charge is 0.253 e. The van der Waals surface area contributed by atoms with Gasteiger partial charge in [0.25, 0.3) is 5.91 Å². The van der Waals surface area contributed by atoms with Crippen molar-refractivity contribution in [3.8, 4) is 0 Å². The van der Waals surface area contributed by atoms with E-state index >= 15 is 0 Å². The summed E-state index contributed by atoms with van der Waals surface area (Å²) < 4.78 is 0. The van der Waals surface area contributed by atoms with Crippen LogP contribution in [0.1, 0.15) is 28.8 Å². The molecule has 0 radical (unpaired) electrons. The highest BCUT2D eigenvalue weighted by Gasteiger charge is 2.39. The van der Waals surface area contributed by atoms with Crippen molar-refractivity contribution in [3.05, 3.63) is 21.9 Å². The molecule has 1 fully saturated rings. The average molecular weight is 296 g/mol. The molecule has 6 nitrogen and oxygen atoms in total. The molecular weight excluding hydrogens is 276 g/mol. The molecule has 1 aromatic heterocycles. The molecule has 1 aliphatic rings. The number of amides is 1. The summed E-state index contributed by atoms with van der Waals surface area (Å²) >= 11 is 1.49. The molecule has 0 bridgehead atoms. The highest BCUT2D eigenvalue weighted by molar-refractivity contribution is 7.08. The fourth-order valence-corrected chi connectivity index (χ4v) is 3.25. The van der Waals surface area contributed by atoms with Gasteiger partial charge in [0, 0.05) is 18.5 Å². The van der Waals surface area contributed by atoms with Crippen molar-refractivity contribution in [1.82, 2.24) is 10.2 Å². The first kappa shape index (κ1) is 14.8. The Morgan fingerprint density at radius 1 is 1.50 bits per heavy atom. The van der Waals surface area contributed by atoms with Gasteiger partial charge in [-0.05, 0) is 37.8 Å². The zero-order valence-electron chi connectivity index (χ0n) is 11.7. The summed E-state index contributed by atoms with van der Waals surface area (Å²) in [7, 11) is 2.01. The van der Waals surface area contributed by atoms with Crippen LogP contribution in [-0.2, 0) is 0 Å². The van der Waals surface area contributed by atoms with Crippen molar-refractivity contribution in [2.24, 2.45) is 10.9 Å². The highest BCUT2D eigenvalue weighted by Crippen LogP contribution is 2.23. The van der Waals surface area contributed by atoms with Crippen LogP contribution in [0.4, 0.5) is 0 Å². The predicted octanol–water partition coefficient (Wildman–Crippen LogP) is 0.997. The first-order valence-corrected chi connectivity index (χ1v) is 7.44. The number of likely N-dealkylation sites (tertiary alicyclic amines) is 1. The molecule has 1 aromatic rings. The number of nitrogens with one attached hydrogen (secondary N) is 1. The molecule has 110 valence electrons. The summed E-state index contributed by atoms with van der Waals surface area (Å²) in [6, 6.07) is 0. The maximum atomic E-state index is 12.4. The Morgan fingerprint density at radius 3 is 2.65 bits per heavy atom. The Bertz CT molecular complexity index is 518. The highest BCUT2D eigenvalue weighted by atomic mass is 32.1. The third-order valence-electron chi connectivity index (χ3n) is 3.89. The van der Waals surface area contributed by atoms with E-state index in [4.69, 9.17) is 10.9 Å². The first-order chi connectivity index (χ1) is 9.48. The van der Waals surface area contributed by atoms with Gasteiger partial charge in [0.15, 0.2) is 5.84 Å². The molecule has 0 spiro atoms. The van der Waals surface area contributed by atoms with Crippen molar-refractivity contribution < 1.29 is 10.0 Å². The third-order valence-corrected chi connectivity index (χ3v) is 4.75. The van der Waals surface area contributed by atoms with Crippen LogP contribution in [0.2, 0.25) is 0 Å². The van der Waals surface area contributed by atoms with E-state index in [0.717, 1.165) is 18.7 Å². The molecule has 2 heterocycles. The number of thiophene rings is 1. The normalized spacial score (nSPS) is 19.8. The molecule has 0 unspecified atom stereocenters. The number of carbonyl (C=O) groups is 1. The standard InChI is InChI=1S/C13H20N4O2S/c1-9-7-20-8-10(9)11(18)15-13(12(14)16-19)3-5-17(2)6-4-13/h7-8,19H,3-6H2,1-2H3,(H2,14,16)(H,15,18). The lowest BCUT2D eigenvalue weighted by Crippen LogP contribution is -2.62. The molecule has 0 saturated carbocycles. The fraction of sp³-hybridized carbons (Fsp3) is 0.538. The molecule has 1 aliphatic heterocycles. The van der Waals surface area contributed by atoms with Crippen molar-refractivity contribution in [2.45, 2.75) is 25.3 Å². The lowest BCUT2D eigenvalue weighted by atomic mass is 9.86. The number of carbonyl (C=O) groups excluding carboxylic acids is 1. The summed E-state index contributed by atoms with van der Waals surface area (Å²) in [5.41, 5.74) is 6.67. The van der Waals surface area contributed by atoms with E-state index in [1.54, 1.807) is 0 Å². The van der Waals surface area contributed by atoms with Gasteiger partial charge in [0.1, 0.15) is 5.54 Å². The maximum Gasteiger partial charge on any atom is 0.253 e. The zero-order chi connectivity index (χ0) is 14.8. The Labute approximate surface area is 122 Å². The van der Waals surface area contributed by atoms with Crippen molar-refractivity contribution >= 4 is 23.1 Å². The maximum absolute atomic E-state index is 12.4. The number of nitrogens with zero attached hydrogens (tertiary/aromatic N) is 2. The van der Waals surface area contributed by atoms with Crippen molar-refractivity contribution in [2.75, 3.05) is 20.1 Å². The van der Waals surface area contributed by atoms with Gasteiger partial charge in [-0.2, -0.15) is 11.3 Å². The number of piperidine rings is 1. The molecule has 0 atom stereocenters. The number of amidine groups is 1. The molecular formula is C13H20N4O2S. The summed E-state index contributed by atoms with van der Waals surface area (Å²) in [6.07, 6.45) is 1.27. The van der Waals surface area contributed by atoms with Crippen molar-refractivity contribution in [1.29, 1.82) is 0 Å². The van der Waals surface area contributed by atoms with Crippen LogP contribution in [0.15, 0.2) is 15.9 Å². The van der Waals surface area contributed by atoms with Gasteiger partial charge in [-0.25, -0.2) is 0 Å². The van der Waals surface area contributed by atoms with E-state index in [1.807, 2.05) is 24.7 Å². The molecule has 7 heteroatoms. The van der Waals surface area contributed by atoms with E-state index in [0.29, 0.717) is 18.4 Å². The van der Waals surface area contributed by atoms with Gasteiger partial charge in [-0.15, -0.1) is 0 Å². The van der Waals surface area contributed by atoms with Gasteiger partial charge >= 0.3 is 0 Å².